The summed E-state index contributed by atoms with van der Waals surface area (Å²) in [6, 6.07) is 15.5. The van der Waals surface area contributed by atoms with Gasteiger partial charge in [0.05, 0.1) is 16.2 Å². The van der Waals surface area contributed by atoms with E-state index in [9.17, 15) is 20.2 Å². The molecule has 2 aromatic carbocycles. The number of rotatable bonds is 4. The summed E-state index contributed by atoms with van der Waals surface area (Å²) in [5.74, 6) is -0.0860. The number of hydrogen-bond acceptors (Lipinski definition) is 5. The average molecular weight is 350 g/mol. The second-order valence-electron chi connectivity index (χ2n) is 6.17. The molecule has 1 aliphatic rings. The SMILES string of the molecule is N#Cc1cc([N+](=O)[O-])ccc1N1CCC(NC(=O)c2ccccc2)CC1. The first-order valence-corrected chi connectivity index (χ1v) is 8.38. The fourth-order valence-corrected chi connectivity index (χ4v) is 3.13. The maximum absolute atomic E-state index is 12.2. The van der Waals surface area contributed by atoms with Gasteiger partial charge in [0.25, 0.3) is 11.6 Å². The topological polar surface area (TPSA) is 99.3 Å². The highest BCUT2D eigenvalue weighted by atomic mass is 16.6. The molecule has 1 heterocycles. The molecule has 0 bridgehead atoms. The number of nitrogens with zero attached hydrogens (tertiary/aromatic N) is 3. The van der Waals surface area contributed by atoms with Gasteiger partial charge < -0.3 is 10.2 Å². The number of nitriles is 1. The normalized spacial score (nSPS) is 14.5. The van der Waals surface area contributed by atoms with Crippen molar-refractivity contribution >= 4 is 17.3 Å². The zero-order valence-electron chi connectivity index (χ0n) is 14.1. The van der Waals surface area contributed by atoms with Crippen molar-refractivity contribution in [3.63, 3.8) is 0 Å². The highest BCUT2D eigenvalue weighted by molar-refractivity contribution is 5.94. The lowest BCUT2D eigenvalue weighted by molar-refractivity contribution is -0.384. The summed E-state index contributed by atoms with van der Waals surface area (Å²) in [6.45, 7) is 1.35. The van der Waals surface area contributed by atoms with Crippen molar-refractivity contribution in [1.29, 1.82) is 5.26 Å². The first-order chi connectivity index (χ1) is 12.6. The van der Waals surface area contributed by atoms with Crippen molar-refractivity contribution in [3.05, 3.63) is 69.8 Å². The van der Waals surface area contributed by atoms with E-state index in [2.05, 4.69) is 5.32 Å². The van der Waals surface area contributed by atoms with E-state index >= 15 is 0 Å². The maximum atomic E-state index is 12.2. The van der Waals surface area contributed by atoms with E-state index in [1.54, 1.807) is 18.2 Å². The van der Waals surface area contributed by atoms with Crippen molar-refractivity contribution in [3.8, 4) is 6.07 Å². The molecule has 0 radical (unpaired) electrons. The van der Waals surface area contributed by atoms with Crippen LogP contribution in [0.3, 0.4) is 0 Å². The number of amides is 1. The molecule has 26 heavy (non-hydrogen) atoms. The van der Waals surface area contributed by atoms with Crippen LogP contribution in [0.25, 0.3) is 0 Å². The molecule has 0 spiro atoms. The number of non-ortho nitro benzene ring substituents is 1. The molecule has 1 aliphatic heterocycles. The number of nitro benzene ring substituents is 1. The molecule has 1 N–H and O–H groups in total. The Hall–Kier alpha value is -3.40. The van der Waals surface area contributed by atoms with Gasteiger partial charge in [-0.25, -0.2) is 0 Å². The fourth-order valence-electron chi connectivity index (χ4n) is 3.13. The molecular formula is C19H18N4O3. The van der Waals surface area contributed by atoms with Gasteiger partial charge in [0.1, 0.15) is 6.07 Å². The van der Waals surface area contributed by atoms with Crippen LogP contribution in [0, 0.1) is 21.4 Å². The smallest absolute Gasteiger partial charge is 0.270 e. The van der Waals surface area contributed by atoms with E-state index in [1.165, 1.54) is 12.1 Å². The zero-order valence-corrected chi connectivity index (χ0v) is 14.1. The van der Waals surface area contributed by atoms with Gasteiger partial charge in [-0.1, -0.05) is 18.2 Å². The second kappa shape index (κ2) is 7.66. The minimum absolute atomic E-state index is 0.0718. The molecule has 1 fully saturated rings. The number of nitrogens with one attached hydrogen (secondary N) is 1. The Morgan fingerprint density at radius 1 is 1.19 bits per heavy atom. The molecule has 2 aromatic rings. The molecule has 1 saturated heterocycles. The largest absolute Gasteiger partial charge is 0.370 e. The Morgan fingerprint density at radius 2 is 1.88 bits per heavy atom. The number of nitro groups is 1. The number of carbonyl (C=O) groups excluding carboxylic acids is 1. The van der Waals surface area contributed by atoms with E-state index in [-0.39, 0.29) is 17.6 Å². The number of piperidine rings is 1. The molecule has 7 nitrogen and oxygen atoms in total. The summed E-state index contributed by atoms with van der Waals surface area (Å²) in [5, 5.41) is 23.2. The monoisotopic (exact) mass is 350 g/mol. The van der Waals surface area contributed by atoms with Gasteiger partial charge in [0, 0.05) is 36.8 Å². The number of carbonyl (C=O) groups is 1. The van der Waals surface area contributed by atoms with Gasteiger partial charge in [-0.3, -0.25) is 14.9 Å². The molecule has 0 saturated carbocycles. The van der Waals surface area contributed by atoms with E-state index in [0.29, 0.717) is 29.9 Å². The highest BCUT2D eigenvalue weighted by Crippen LogP contribution is 2.27. The Morgan fingerprint density at radius 3 is 2.50 bits per heavy atom. The van der Waals surface area contributed by atoms with E-state index in [0.717, 1.165) is 12.8 Å². The van der Waals surface area contributed by atoms with Crippen LogP contribution in [0.15, 0.2) is 48.5 Å². The molecule has 1 amide bonds. The van der Waals surface area contributed by atoms with E-state index in [4.69, 9.17) is 0 Å². The summed E-state index contributed by atoms with van der Waals surface area (Å²) >= 11 is 0. The summed E-state index contributed by atoms with van der Waals surface area (Å²) in [7, 11) is 0. The maximum Gasteiger partial charge on any atom is 0.270 e. The predicted molar refractivity (Wildman–Crippen MR) is 97.0 cm³/mol. The molecule has 0 aliphatic carbocycles. The quantitative estimate of drug-likeness (QED) is 0.675. The predicted octanol–water partition coefficient (Wildman–Crippen LogP) is 2.87. The van der Waals surface area contributed by atoms with Crippen LogP contribution in [0.1, 0.15) is 28.8 Å². The standard InChI is InChI=1S/C19H18N4O3/c20-13-15-12-17(23(25)26)6-7-18(15)22-10-8-16(9-11-22)21-19(24)14-4-2-1-3-5-14/h1-7,12,16H,8-11H2,(H,21,24). The second-order valence-corrected chi connectivity index (χ2v) is 6.17. The van der Waals surface area contributed by atoms with Gasteiger partial charge in [-0.05, 0) is 31.0 Å². The summed E-state index contributed by atoms with van der Waals surface area (Å²) < 4.78 is 0. The Kier molecular flexibility index (Phi) is 5.13. The van der Waals surface area contributed by atoms with Crippen molar-refractivity contribution in [1.82, 2.24) is 5.32 Å². The molecule has 132 valence electrons. The van der Waals surface area contributed by atoms with Crippen LogP contribution in [-0.2, 0) is 0 Å². The molecule has 0 aromatic heterocycles. The summed E-state index contributed by atoms with van der Waals surface area (Å²) in [4.78, 5) is 24.6. The van der Waals surface area contributed by atoms with Crippen LogP contribution >= 0.6 is 0 Å². The third-order valence-corrected chi connectivity index (χ3v) is 4.52. The van der Waals surface area contributed by atoms with Crippen LogP contribution in [-0.4, -0.2) is 30.0 Å². The number of anilines is 1. The minimum Gasteiger partial charge on any atom is -0.370 e. The summed E-state index contributed by atoms with van der Waals surface area (Å²) in [6.07, 6.45) is 1.50. The molecule has 3 rings (SSSR count). The minimum atomic E-state index is -0.504. The first-order valence-electron chi connectivity index (χ1n) is 8.38. The van der Waals surface area contributed by atoms with Gasteiger partial charge in [0.2, 0.25) is 0 Å². The van der Waals surface area contributed by atoms with Crippen LogP contribution in [0.4, 0.5) is 11.4 Å². The number of benzene rings is 2. The van der Waals surface area contributed by atoms with Gasteiger partial charge in [0.15, 0.2) is 0 Å². The van der Waals surface area contributed by atoms with Gasteiger partial charge >= 0.3 is 0 Å². The molecular weight excluding hydrogens is 332 g/mol. The highest BCUT2D eigenvalue weighted by Gasteiger charge is 2.23. The molecule has 0 unspecified atom stereocenters. The Bertz CT molecular complexity index is 853. The van der Waals surface area contributed by atoms with Gasteiger partial charge in [-0.15, -0.1) is 0 Å². The third-order valence-electron chi connectivity index (χ3n) is 4.52. The van der Waals surface area contributed by atoms with Crippen LogP contribution in [0.2, 0.25) is 0 Å². The van der Waals surface area contributed by atoms with Crippen molar-refractivity contribution < 1.29 is 9.72 Å². The van der Waals surface area contributed by atoms with E-state index in [1.807, 2.05) is 29.2 Å². The van der Waals surface area contributed by atoms with E-state index < -0.39 is 4.92 Å². The lowest BCUT2D eigenvalue weighted by atomic mass is 10.0. The summed E-state index contributed by atoms with van der Waals surface area (Å²) in [5.41, 5.74) is 1.55. The number of hydrogen-bond donors (Lipinski definition) is 1. The molecule has 0 atom stereocenters. The van der Waals surface area contributed by atoms with Crippen molar-refractivity contribution in [2.75, 3.05) is 18.0 Å². The van der Waals surface area contributed by atoms with Crippen LogP contribution in [0.5, 0.6) is 0 Å². The average Bonchev–Trinajstić information content (AvgIpc) is 2.68. The third kappa shape index (κ3) is 3.81. The van der Waals surface area contributed by atoms with Gasteiger partial charge in [-0.2, -0.15) is 5.26 Å². The van der Waals surface area contributed by atoms with Crippen molar-refractivity contribution in [2.45, 2.75) is 18.9 Å². The van der Waals surface area contributed by atoms with Crippen molar-refractivity contribution in [2.24, 2.45) is 0 Å². The Balaban J connectivity index is 1.63. The zero-order chi connectivity index (χ0) is 18.5. The molecule has 7 heteroatoms. The Labute approximate surface area is 151 Å². The lowest BCUT2D eigenvalue weighted by Gasteiger charge is -2.34. The van der Waals surface area contributed by atoms with Crippen LogP contribution < -0.4 is 10.2 Å². The fraction of sp³-hybridized carbons (Fsp3) is 0.263. The first kappa shape index (κ1) is 17.4. The lowest BCUT2D eigenvalue weighted by Crippen LogP contribution is -2.44.